The summed E-state index contributed by atoms with van der Waals surface area (Å²) in [6, 6.07) is -0.789. The summed E-state index contributed by atoms with van der Waals surface area (Å²) in [5.74, 6) is -0.505. The smallest absolute Gasteiger partial charge is 0.249 e. The fraction of sp³-hybridized carbons (Fsp3) is 0.912. The maximum absolute atomic E-state index is 12.3. The Labute approximate surface area is 242 Å². The fourth-order valence-corrected chi connectivity index (χ4v) is 5.12. The Kier molecular flexibility index (Phi) is 29.4. The zero-order chi connectivity index (χ0) is 28.8. The van der Waals surface area contributed by atoms with Crippen LogP contribution in [0.2, 0.25) is 0 Å². The van der Waals surface area contributed by atoms with Crippen LogP contribution in [0.25, 0.3) is 0 Å². The van der Waals surface area contributed by atoms with Gasteiger partial charge in [-0.25, -0.2) is 0 Å². The van der Waals surface area contributed by atoms with Crippen molar-refractivity contribution in [3.8, 4) is 0 Å². The predicted molar refractivity (Wildman–Crippen MR) is 167 cm³/mol. The van der Waals surface area contributed by atoms with Gasteiger partial charge in [0.1, 0.15) is 6.10 Å². The van der Waals surface area contributed by atoms with E-state index in [9.17, 15) is 20.1 Å². The quantitative estimate of drug-likeness (QED) is 0.0530. The number of aliphatic hydroxyl groups excluding tert-OH is 3. The second-order valence-electron chi connectivity index (χ2n) is 11.7. The van der Waals surface area contributed by atoms with Gasteiger partial charge in [0.2, 0.25) is 5.91 Å². The molecule has 0 bridgehead atoms. The molecule has 5 heteroatoms. The van der Waals surface area contributed by atoms with E-state index in [4.69, 9.17) is 0 Å². The summed E-state index contributed by atoms with van der Waals surface area (Å²) in [6.45, 7) is 4.15. The number of rotatable bonds is 30. The van der Waals surface area contributed by atoms with Crippen molar-refractivity contribution >= 4 is 5.91 Å². The van der Waals surface area contributed by atoms with Gasteiger partial charge >= 0.3 is 0 Å². The fourth-order valence-electron chi connectivity index (χ4n) is 5.12. The van der Waals surface area contributed by atoms with Gasteiger partial charge in [-0.15, -0.1) is 0 Å². The lowest BCUT2D eigenvalue weighted by Crippen LogP contribution is -2.48. The highest BCUT2D eigenvalue weighted by Crippen LogP contribution is 2.14. The van der Waals surface area contributed by atoms with Crippen LogP contribution in [0.1, 0.15) is 174 Å². The molecule has 0 radical (unpaired) electrons. The first-order valence-electron chi connectivity index (χ1n) is 17.0. The van der Waals surface area contributed by atoms with Gasteiger partial charge < -0.3 is 20.6 Å². The molecule has 4 N–H and O–H groups in total. The molecule has 0 saturated carbocycles. The molecule has 232 valence electrons. The molecule has 0 spiro atoms. The van der Waals surface area contributed by atoms with Crippen LogP contribution in [0, 0.1) is 0 Å². The maximum atomic E-state index is 12.3. The first kappa shape index (κ1) is 38.1. The summed E-state index contributed by atoms with van der Waals surface area (Å²) < 4.78 is 0. The Bertz CT molecular complexity index is 539. The molecule has 0 aliphatic heterocycles. The monoisotopic (exact) mass is 554 g/mol. The van der Waals surface area contributed by atoms with Crippen molar-refractivity contribution < 1.29 is 20.1 Å². The second-order valence-corrected chi connectivity index (χ2v) is 11.7. The molecule has 0 rings (SSSR count). The first-order valence-corrected chi connectivity index (χ1v) is 17.0. The van der Waals surface area contributed by atoms with E-state index >= 15 is 0 Å². The van der Waals surface area contributed by atoms with Crippen LogP contribution in [0.4, 0.5) is 0 Å². The minimum atomic E-state index is -1.09. The Morgan fingerprint density at radius 2 is 1.00 bits per heavy atom. The molecule has 0 unspecified atom stereocenters. The number of carbonyl (C=O) groups is 1. The lowest BCUT2D eigenvalue weighted by Gasteiger charge is -2.21. The van der Waals surface area contributed by atoms with Gasteiger partial charge in [-0.05, 0) is 19.3 Å². The standard InChI is InChI=1S/C34H67NO4/c1-3-5-7-9-11-13-15-17-19-20-22-24-26-28-32(37)31(30-36)35-34(39)33(38)29-27-25-23-21-18-16-14-12-10-8-6-4-2/h26,28,31-33,36-38H,3-25,27,29-30H2,1-2H3,(H,35,39)/b28-26+/t31-,32-,33-/m1/s1. The minimum Gasteiger partial charge on any atom is -0.394 e. The van der Waals surface area contributed by atoms with Crippen LogP contribution in [0.3, 0.4) is 0 Å². The largest absolute Gasteiger partial charge is 0.394 e. The third-order valence-electron chi connectivity index (χ3n) is 7.88. The van der Waals surface area contributed by atoms with E-state index in [-0.39, 0.29) is 6.61 Å². The molecule has 0 saturated heterocycles. The summed E-state index contributed by atoms with van der Waals surface area (Å²) in [6.07, 6.45) is 32.2. The highest BCUT2D eigenvalue weighted by atomic mass is 16.3. The predicted octanol–water partition coefficient (Wildman–Crippen LogP) is 8.53. The molecular formula is C34H67NO4. The van der Waals surface area contributed by atoms with Gasteiger partial charge in [-0.2, -0.15) is 0 Å². The minimum absolute atomic E-state index is 0.360. The van der Waals surface area contributed by atoms with Gasteiger partial charge in [0.05, 0.1) is 18.8 Å². The van der Waals surface area contributed by atoms with Crippen LogP contribution in [0.5, 0.6) is 0 Å². The number of amides is 1. The zero-order valence-corrected chi connectivity index (χ0v) is 26.0. The molecule has 5 nitrogen and oxygen atoms in total. The molecule has 0 aliphatic rings. The Morgan fingerprint density at radius 1 is 0.615 bits per heavy atom. The van der Waals surface area contributed by atoms with E-state index in [0.717, 1.165) is 32.1 Å². The normalized spacial score (nSPS) is 14.1. The third kappa shape index (κ3) is 25.8. The number of hydrogen-bond acceptors (Lipinski definition) is 4. The lowest BCUT2D eigenvalue weighted by molar-refractivity contribution is -0.131. The summed E-state index contributed by atoms with van der Waals surface area (Å²) in [4.78, 5) is 12.3. The number of nitrogens with one attached hydrogen (secondary N) is 1. The van der Waals surface area contributed by atoms with E-state index in [2.05, 4.69) is 19.2 Å². The lowest BCUT2D eigenvalue weighted by atomic mass is 10.0. The number of unbranched alkanes of at least 4 members (excludes halogenated alkanes) is 22. The highest BCUT2D eigenvalue weighted by Gasteiger charge is 2.22. The van der Waals surface area contributed by atoms with Crippen molar-refractivity contribution in [3.63, 3.8) is 0 Å². The number of allylic oxidation sites excluding steroid dienone is 1. The molecule has 0 aromatic rings. The van der Waals surface area contributed by atoms with Gasteiger partial charge in [-0.3, -0.25) is 4.79 Å². The Hall–Kier alpha value is -0.910. The molecule has 3 atom stereocenters. The molecule has 0 heterocycles. The topological polar surface area (TPSA) is 89.8 Å². The van der Waals surface area contributed by atoms with E-state index in [0.29, 0.717) is 6.42 Å². The molecular weight excluding hydrogens is 486 g/mol. The van der Waals surface area contributed by atoms with Crippen molar-refractivity contribution in [2.45, 2.75) is 193 Å². The van der Waals surface area contributed by atoms with Crippen molar-refractivity contribution in [2.24, 2.45) is 0 Å². The second kappa shape index (κ2) is 30.1. The average molecular weight is 554 g/mol. The first-order chi connectivity index (χ1) is 19.1. The number of carbonyl (C=O) groups excluding carboxylic acids is 1. The van der Waals surface area contributed by atoms with Crippen LogP contribution in [-0.4, -0.2) is 46.1 Å². The van der Waals surface area contributed by atoms with Gasteiger partial charge in [0.15, 0.2) is 0 Å². The van der Waals surface area contributed by atoms with Crippen LogP contribution < -0.4 is 5.32 Å². The number of aliphatic hydroxyl groups is 3. The summed E-state index contributed by atoms with van der Waals surface area (Å²) >= 11 is 0. The third-order valence-corrected chi connectivity index (χ3v) is 7.88. The SMILES string of the molecule is CCCCCCCCCCCCC/C=C/[C@@H](O)[C@@H](CO)NC(=O)[C@H](O)CCCCCCCCCCCCCC. The summed E-state index contributed by atoms with van der Waals surface area (Å²) in [5, 5.41) is 32.8. The van der Waals surface area contributed by atoms with Crippen molar-refractivity contribution in [2.75, 3.05) is 6.61 Å². The Balaban J connectivity index is 3.78. The van der Waals surface area contributed by atoms with Crippen LogP contribution >= 0.6 is 0 Å². The Morgan fingerprint density at radius 3 is 1.41 bits per heavy atom. The van der Waals surface area contributed by atoms with E-state index in [1.54, 1.807) is 6.08 Å². The molecule has 0 aliphatic carbocycles. The average Bonchev–Trinajstić information content (AvgIpc) is 2.94. The van der Waals surface area contributed by atoms with E-state index in [1.165, 1.54) is 122 Å². The van der Waals surface area contributed by atoms with E-state index < -0.39 is 24.2 Å². The van der Waals surface area contributed by atoms with Gasteiger partial charge in [-0.1, -0.05) is 167 Å². The molecule has 39 heavy (non-hydrogen) atoms. The van der Waals surface area contributed by atoms with Crippen LogP contribution in [-0.2, 0) is 4.79 Å². The number of hydrogen-bond donors (Lipinski definition) is 4. The highest BCUT2D eigenvalue weighted by molar-refractivity contribution is 5.80. The molecule has 0 aromatic carbocycles. The maximum Gasteiger partial charge on any atom is 0.249 e. The van der Waals surface area contributed by atoms with Gasteiger partial charge in [0, 0.05) is 0 Å². The molecule has 0 fully saturated rings. The zero-order valence-electron chi connectivity index (χ0n) is 26.0. The van der Waals surface area contributed by atoms with Crippen molar-refractivity contribution in [1.82, 2.24) is 5.32 Å². The summed E-state index contributed by atoms with van der Waals surface area (Å²) in [7, 11) is 0. The summed E-state index contributed by atoms with van der Waals surface area (Å²) in [5.41, 5.74) is 0. The van der Waals surface area contributed by atoms with Crippen LogP contribution in [0.15, 0.2) is 12.2 Å². The molecule has 0 aromatic heterocycles. The van der Waals surface area contributed by atoms with Crippen molar-refractivity contribution in [3.05, 3.63) is 12.2 Å². The van der Waals surface area contributed by atoms with Crippen molar-refractivity contribution in [1.29, 1.82) is 0 Å². The molecule has 1 amide bonds. The van der Waals surface area contributed by atoms with Gasteiger partial charge in [0.25, 0.3) is 0 Å². The van der Waals surface area contributed by atoms with E-state index in [1.807, 2.05) is 6.08 Å².